The summed E-state index contributed by atoms with van der Waals surface area (Å²) >= 11 is 7.87. The SMILES string of the molecule is Cc1cc2c(Nc3cc(Cl)ccc3C)nc(Cc3ccccc3)nc2s1. The number of rotatable bonds is 4. The Hall–Kier alpha value is -2.43. The van der Waals surface area contributed by atoms with Crippen molar-refractivity contribution in [3.8, 4) is 0 Å². The van der Waals surface area contributed by atoms with E-state index in [0.717, 1.165) is 33.1 Å². The van der Waals surface area contributed by atoms with E-state index in [4.69, 9.17) is 21.6 Å². The van der Waals surface area contributed by atoms with E-state index < -0.39 is 0 Å². The normalized spacial score (nSPS) is 11.0. The molecule has 5 heteroatoms. The summed E-state index contributed by atoms with van der Waals surface area (Å²) in [4.78, 5) is 11.8. The zero-order valence-electron chi connectivity index (χ0n) is 14.6. The second-order valence-electron chi connectivity index (χ2n) is 6.31. The molecule has 0 aliphatic heterocycles. The first-order valence-electron chi connectivity index (χ1n) is 8.42. The molecule has 2 aromatic heterocycles. The number of nitrogens with one attached hydrogen (secondary N) is 1. The van der Waals surface area contributed by atoms with Crippen LogP contribution in [-0.2, 0) is 6.42 Å². The Bertz CT molecular complexity index is 1070. The van der Waals surface area contributed by atoms with Gasteiger partial charge in [-0.15, -0.1) is 11.3 Å². The van der Waals surface area contributed by atoms with Crippen molar-refractivity contribution in [1.29, 1.82) is 0 Å². The topological polar surface area (TPSA) is 37.8 Å². The molecule has 0 aliphatic carbocycles. The minimum atomic E-state index is 0.703. The standard InChI is InChI=1S/C21H18ClN3S/c1-13-8-9-16(22)12-18(13)23-20-17-10-14(2)26-21(17)25-19(24-20)11-15-6-4-3-5-7-15/h3-10,12H,11H2,1-2H3,(H,23,24,25). The summed E-state index contributed by atoms with van der Waals surface area (Å²) in [5.74, 6) is 1.64. The van der Waals surface area contributed by atoms with E-state index in [1.807, 2.05) is 36.4 Å². The molecule has 2 heterocycles. The van der Waals surface area contributed by atoms with Gasteiger partial charge >= 0.3 is 0 Å². The molecule has 130 valence electrons. The average Bonchev–Trinajstić information content (AvgIpc) is 2.99. The zero-order valence-corrected chi connectivity index (χ0v) is 16.2. The number of fused-ring (bicyclic) bond motifs is 1. The van der Waals surface area contributed by atoms with Crippen molar-refractivity contribution in [2.75, 3.05) is 5.32 Å². The van der Waals surface area contributed by atoms with E-state index >= 15 is 0 Å². The minimum Gasteiger partial charge on any atom is -0.339 e. The van der Waals surface area contributed by atoms with Crippen LogP contribution in [0.3, 0.4) is 0 Å². The number of halogens is 1. The van der Waals surface area contributed by atoms with E-state index in [9.17, 15) is 0 Å². The van der Waals surface area contributed by atoms with E-state index in [-0.39, 0.29) is 0 Å². The van der Waals surface area contributed by atoms with Gasteiger partial charge in [0.05, 0.1) is 5.39 Å². The van der Waals surface area contributed by atoms with Gasteiger partial charge in [-0.1, -0.05) is 48.0 Å². The molecule has 0 fully saturated rings. The van der Waals surface area contributed by atoms with Crippen LogP contribution in [0.2, 0.25) is 5.02 Å². The second-order valence-corrected chi connectivity index (χ2v) is 7.98. The Kier molecular flexibility index (Phi) is 4.62. The average molecular weight is 380 g/mol. The van der Waals surface area contributed by atoms with Crippen LogP contribution in [-0.4, -0.2) is 9.97 Å². The number of nitrogens with zero attached hydrogens (tertiary/aromatic N) is 2. The highest BCUT2D eigenvalue weighted by Gasteiger charge is 2.12. The van der Waals surface area contributed by atoms with Crippen molar-refractivity contribution in [3.05, 3.63) is 81.4 Å². The summed E-state index contributed by atoms with van der Waals surface area (Å²) in [6.45, 7) is 4.15. The third-order valence-electron chi connectivity index (χ3n) is 4.22. The molecular weight excluding hydrogens is 362 g/mol. The van der Waals surface area contributed by atoms with Crippen LogP contribution < -0.4 is 5.32 Å². The number of thiophene rings is 1. The predicted octanol–water partition coefficient (Wildman–Crippen LogP) is 6.30. The number of aryl methyl sites for hydroxylation is 2. The largest absolute Gasteiger partial charge is 0.339 e. The molecule has 0 saturated carbocycles. The van der Waals surface area contributed by atoms with Crippen molar-refractivity contribution in [2.24, 2.45) is 0 Å². The molecule has 0 saturated heterocycles. The van der Waals surface area contributed by atoms with Crippen LogP contribution in [0.5, 0.6) is 0 Å². The van der Waals surface area contributed by atoms with Crippen LogP contribution >= 0.6 is 22.9 Å². The number of hydrogen-bond acceptors (Lipinski definition) is 4. The Balaban J connectivity index is 1.78. The molecule has 26 heavy (non-hydrogen) atoms. The molecule has 0 unspecified atom stereocenters. The minimum absolute atomic E-state index is 0.703. The van der Waals surface area contributed by atoms with Crippen molar-refractivity contribution in [2.45, 2.75) is 20.3 Å². The number of benzene rings is 2. The number of anilines is 2. The molecule has 0 amide bonds. The summed E-state index contributed by atoms with van der Waals surface area (Å²) in [5, 5.41) is 5.21. The zero-order chi connectivity index (χ0) is 18.1. The lowest BCUT2D eigenvalue weighted by Gasteiger charge is -2.11. The lowest BCUT2D eigenvalue weighted by molar-refractivity contribution is 0.999. The molecule has 4 aromatic rings. The van der Waals surface area contributed by atoms with Gasteiger partial charge < -0.3 is 5.32 Å². The van der Waals surface area contributed by atoms with Gasteiger partial charge in [-0.25, -0.2) is 9.97 Å². The van der Waals surface area contributed by atoms with Gasteiger partial charge in [0.2, 0.25) is 0 Å². The van der Waals surface area contributed by atoms with Gasteiger partial charge in [0.15, 0.2) is 0 Å². The van der Waals surface area contributed by atoms with Crippen molar-refractivity contribution in [1.82, 2.24) is 9.97 Å². The summed E-state index contributed by atoms with van der Waals surface area (Å²) in [5.41, 5.74) is 3.29. The van der Waals surface area contributed by atoms with Gasteiger partial charge in [0.25, 0.3) is 0 Å². The summed E-state index contributed by atoms with van der Waals surface area (Å²) < 4.78 is 0. The maximum atomic E-state index is 6.17. The molecule has 0 aliphatic rings. The van der Waals surface area contributed by atoms with Crippen LogP contribution in [0.4, 0.5) is 11.5 Å². The number of aromatic nitrogens is 2. The highest BCUT2D eigenvalue weighted by atomic mass is 35.5. The smallest absolute Gasteiger partial charge is 0.142 e. The van der Waals surface area contributed by atoms with Crippen LogP contribution in [0.15, 0.2) is 54.6 Å². The lowest BCUT2D eigenvalue weighted by atomic mass is 10.1. The molecule has 0 spiro atoms. The fourth-order valence-electron chi connectivity index (χ4n) is 2.90. The maximum absolute atomic E-state index is 6.17. The summed E-state index contributed by atoms with van der Waals surface area (Å²) in [7, 11) is 0. The first kappa shape index (κ1) is 17.0. The highest BCUT2D eigenvalue weighted by Crippen LogP contribution is 2.32. The van der Waals surface area contributed by atoms with Gasteiger partial charge in [-0.05, 0) is 43.2 Å². The molecule has 3 nitrogen and oxygen atoms in total. The Morgan fingerprint density at radius 2 is 1.81 bits per heavy atom. The second kappa shape index (κ2) is 7.06. The van der Waals surface area contributed by atoms with E-state index in [2.05, 4.69) is 37.4 Å². The summed E-state index contributed by atoms with van der Waals surface area (Å²) in [6, 6.07) is 18.3. The van der Waals surface area contributed by atoms with Crippen molar-refractivity contribution >= 4 is 44.7 Å². The van der Waals surface area contributed by atoms with Crippen LogP contribution in [0.25, 0.3) is 10.2 Å². The van der Waals surface area contributed by atoms with Gasteiger partial charge in [-0.3, -0.25) is 0 Å². The first-order valence-corrected chi connectivity index (χ1v) is 9.62. The third kappa shape index (κ3) is 3.57. The fourth-order valence-corrected chi connectivity index (χ4v) is 3.97. The van der Waals surface area contributed by atoms with Crippen molar-refractivity contribution < 1.29 is 0 Å². The molecule has 4 rings (SSSR count). The van der Waals surface area contributed by atoms with Crippen LogP contribution in [0, 0.1) is 13.8 Å². The van der Waals surface area contributed by atoms with Gasteiger partial charge in [0, 0.05) is 22.0 Å². The van der Waals surface area contributed by atoms with E-state index in [1.165, 1.54) is 10.4 Å². The Morgan fingerprint density at radius 3 is 2.62 bits per heavy atom. The molecule has 1 N–H and O–H groups in total. The highest BCUT2D eigenvalue weighted by molar-refractivity contribution is 7.18. The van der Waals surface area contributed by atoms with Gasteiger partial charge in [-0.2, -0.15) is 0 Å². The van der Waals surface area contributed by atoms with Crippen molar-refractivity contribution in [3.63, 3.8) is 0 Å². The maximum Gasteiger partial charge on any atom is 0.142 e. The molecule has 0 radical (unpaired) electrons. The third-order valence-corrected chi connectivity index (χ3v) is 5.40. The lowest BCUT2D eigenvalue weighted by Crippen LogP contribution is -2.02. The summed E-state index contributed by atoms with van der Waals surface area (Å²) in [6.07, 6.45) is 0.705. The quantitative estimate of drug-likeness (QED) is 0.452. The molecule has 0 bridgehead atoms. The van der Waals surface area contributed by atoms with Crippen LogP contribution in [0.1, 0.15) is 21.8 Å². The predicted molar refractivity (Wildman–Crippen MR) is 111 cm³/mol. The molecule has 2 aromatic carbocycles. The molecule has 0 atom stereocenters. The Labute approximate surface area is 161 Å². The fraction of sp³-hybridized carbons (Fsp3) is 0.143. The first-order chi connectivity index (χ1) is 12.6. The Morgan fingerprint density at radius 1 is 1.00 bits per heavy atom. The van der Waals surface area contributed by atoms with E-state index in [0.29, 0.717) is 11.4 Å². The van der Waals surface area contributed by atoms with E-state index in [1.54, 1.807) is 11.3 Å². The number of hydrogen-bond donors (Lipinski definition) is 1. The monoisotopic (exact) mass is 379 g/mol. The molecular formula is C21H18ClN3S. The van der Waals surface area contributed by atoms with Gasteiger partial charge in [0.1, 0.15) is 16.5 Å².